The second-order valence-electron chi connectivity index (χ2n) is 2.98. The molecule has 0 atom stereocenters. The highest BCUT2D eigenvalue weighted by molar-refractivity contribution is 5.52. The maximum absolute atomic E-state index is 8.89. The summed E-state index contributed by atoms with van der Waals surface area (Å²) in [5.41, 5.74) is 1.61. The Kier molecular flexibility index (Phi) is 4.02. The van der Waals surface area contributed by atoms with Crippen LogP contribution in [0.2, 0.25) is 0 Å². The lowest BCUT2D eigenvalue weighted by molar-refractivity contribution is 0.299. The number of benzene rings is 1. The molecule has 1 aromatic rings. The lowest BCUT2D eigenvalue weighted by Crippen LogP contribution is -1.98. The first-order valence-corrected chi connectivity index (χ1v) is 4.59. The highest BCUT2D eigenvalue weighted by Gasteiger charge is 2.09. The van der Waals surface area contributed by atoms with Crippen molar-refractivity contribution in [2.45, 2.75) is 6.42 Å². The van der Waals surface area contributed by atoms with Gasteiger partial charge in [-0.15, -0.1) is 6.42 Å². The minimum absolute atomic E-state index is 0.0597. The number of hydrogen-bond donors (Lipinski definition) is 1. The SMILES string of the molecule is C#Cc1cc(OC)c(OC)cc1CCO. The van der Waals surface area contributed by atoms with Gasteiger partial charge in [0.15, 0.2) is 11.5 Å². The highest BCUT2D eigenvalue weighted by Crippen LogP contribution is 2.30. The summed E-state index contributed by atoms with van der Waals surface area (Å²) in [5, 5.41) is 8.89. The summed E-state index contributed by atoms with van der Waals surface area (Å²) in [6.45, 7) is 0.0597. The van der Waals surface area contributed by atoms with Crippen LogP contribution < -0.4 is 9.47 Å². The molecule has 3 heteroatoms. The number of aliphatic hydroxyl groups is 1. The molecule has 0 radical (unpaired) electrons. The van der Waals surface area contributed by atoms with E-state index in [1.807, 2.05) is 0 Å². The zero-order chi connectivity index (χ0) is 11.3. The van der Waals surface area contributed by atoms with Crippen LogP contribution in [0, 0.1) is 12.3 Å². The van der Waals surface area contributed by atoms with E-state index in [4.69, 9.17) is 21.0 Å². The van der Waals surface area contributed by atoms with Crippen LogP contribution in [0.3, 0.4) is 0 Å². The molecule has 0 heterocycles. The molecule has 0 aliphatic rings. The van der Waals surface area contributed by atoms with Crippen molar-refractivity contribution >= 4 is 0 Å². The van der Waals surface area contributed by atoms with Crippen molar-refractivity contribution in [3.8, 4) is 23.8 Å². The minimum atomic E-state index is 0.0597. The van der Waals surface area contributed by atoms with Gasteiger partial charge in [-0.1, -0.05) is 5.92 Å². The molecular formula is C12H14O3. The second kappa shape index (κ2) is 5.28. The van der Waals surface area contributed by atoms with Crippen LogP contribution in [0.15, 0.2) is 12.1 Å². The van der Waals surface area contributed by atoms with E-state index in [0.717, 1.165) is 11.1 Å². The van der Waals surface area contributed by atoms with Crippen molar-refractivity contribution in [3.05, 3.63) is 23.3 Å². The van der Waals surface area contributed by atoms with E-state index in [1.165, 1.54) is 0 Å². The summed E-state index contributed by atoms with van der Waals surface area (Å²) in [4.78, 5) is 0. The van der Waals surface area contributed by atoms with E-state index in [1.54, 1.807) is 26.4 Å². The molecule has 0 aliphatic carbocycles. The summed E-state index contributed by atoms with van der Waals surface area (Å²) < 4.78 is 10.3. The molecule has 0 fully saturated rings. The molecule has 1 aromatic carbocycles. The van der Waals surface area contributed by atoms with Gasteiger partial charge in [0.2, 0.25) is 0 Å². The van der Waals surface area contributed by atoms with Gasteiger partial charge in [0.1, 0.15) is 0 Å². The number of terminal acetylenes is 1. The summed E-state index contributed by atoms with van der Waals surface area (Å²) in [6.07, 6.45) is 5.88. The third-order valence-electron chi connectivity index (χ3n) is 2.15. The molecule has 0 saturated heterocycles. The molecule has 1 N–H and O–H groups in total. The van der Waals surface area contributed by atoms with Crippen molar-refractivity contribution in [2.24, 2.45) is 0 Å². The molecule has 0 spiro atoms. The first-order chi connectivity index (χ1) is 7.26. The maximum atomic E-state index is 8.89. The van der Waals surface area contributed by atoms with Gasteiger partial charge < -0.3 is 14.6 Å². The molecule has 3 nitrogen and oxygen atoms in total. The molecule has 1 rings (SSSR count). The monoisotopic (exact) mass is 206 g/mol. The van der Waals surface area contributed by atoms with Crippen LogP contribution in [0.25, 0.3) is 0 Å². The van der Waals surface area contributed by atoms with Gasteiger partial charge in [0.05, 0.1) is 14.2 Å². The van der Waals surface area contributed by atoms with Crippen molar-refractivity contribution in [3.63, 3.8) is 0 Å². The second-order valence-corrected chi connectivity index (χ2v) is 2.98. The van der Waals surface area contributed by atoms with Crippen LogP contribution in [-0.4, -0.2) is 25.9 Å². The van der Waals surface area contributed by atoms with Gasteiger partial charge >= 0.3 is 0 Å². The number of rotatable bonds is 4. The molecule has 15 heavy (non-hydrogen) atoms. The highest BCUT2D eigenvalue weighted by atomic mass is 16.5. The van der Waals surface area contributed by atoms with Crippen LogP contribution in [0.1, 0.15) is 11.1 Å². The summed E-state index contributed by atoms with van der Waals surface area (Å²) in [5.74, 6) is 3.79. The minimum Gasteiger partial charge on any atom is -0.493 e. The average molecular weight is 206 g/mol. The first-order valence-electron chi connectivity index (χ1n) is 4.59. The molecular weight excluding hydrogens is 192 g/mol. The number of aliphatic hydroxyl groups excluding tert-OH is 1. The van der Waals surface area contributed by atoms with Crippen molar-refractivity contribution in [2.75, 3.05) is 20.8 Å². The maximum Gasteiger partial charge on any atom is 0.161 e. The van der Waals surface area contributed by atoms with Gasteiger partial charge in [-0.2, -0.15) is 0 Å². The smallest absolute Gasteiger partial charge is 0.161 e. The standard InChI is InChI=1S/C12H14O3/c1-4-9-7-11(14-2)12(15-3)8-10(9)5-6-13/h1,7-8,13H,5-6H2,2-3H3. The van der Waals surface area contributed by atoms with Crippen molar-refractivity contribution in [1.29, 1.82) is 0 Å². The number of methoxy groups -OCH3 is 2. The van der Waals surface area contributed by atoms with Gasteiger partial charge in [-0.05, 0) is 24.1 Å². The third-order valence-corrected chi connectivity index (χ3v) is 2.15. The van der Waals surface area contributed by atoms with Crippen LogP contribution in [-0.2, 0) is 6.42 Å². The van der Waals surface area contributed by atoms with Crippen molar-refractivity contribution in [1.82, 2.24) is 0 Å². The van der Waals surface area contributed by atoms with E-state index in [9.17, 15) is 0 Å². The zero-order valence-electron chi connectivity index (χ0n) is 8.91. The Morgan fingerprint density at radius 3 is 2.33 bits per heavy atom. The molecule has 0 bridgehead atoms. The summed E-state index contributed by atoms with van der Waals surface area (Å²) in [7, 11) is 3.12. The largest absolute Gasteiger partial charge is 0.493 e. The number of ether oxygens (including phenoxy) is 2. The first kappa shape index (κ1) is 11.4. The van der Waals surface area contributed by atoms with Crippen molar-refractivity contribution < 1.29 is 14.6 Å². The Bertz CT molecular complexity index is 377. The van der Waals surface area contributed by atoms with E-state index < -0.39 is 0 Å². The Hall–Kier alpha value is -1.66. The Morgan fingerprint density at radius 2 is 1.87 bits per heavy atom. The summed E-state index contributed by atoms with van der Waals surface area (Å²) >= 11 is 0. The van der Waals surface area contributed by atoms with E-state index in [-0.39, 0.29) is 6.61 Å². The predicted molar refractivity (Wildman–Crippen MR) is 58.3 cm³/mol. The molecule has 0 saturated carbocycles. The summed E-state index contributed by atoms with van der Waals surface area (Å²) in [6, 6.07) is 3.54. The van der Waals surface area contributed by atoms with E-state index in [0.29, 0.717) is 17.9 Å². The molecule has 0 aliphatic heterocycles. The lowest BCUT2D eigenvalue weighted by Gasteiger charge is -2.11. The average Bonchev–Trinajstić information content (AvgIpc) is 2.28. The Labute approximate surface area is 89.6 Å². The fourth-order valence-electron chi connectivity index (χ4n) is 1.38. The molecule has 0 amide bonds. The number of hydrogen-bond acceptors (Lipinski definition) is 3. The van der Waals surface area contributed by atoms with Gasteiger partial charge in [0.25, 0.3) is 0 Å². The van der Waals surface area contributed by atoms with Gasteiger partial charge in [0, 0.05) is 12.2 Å². The quantitative estimate of drug-likeness (QED) is 0.753. The van der Waals surface area contributed by atoms with Crippen LogP contribution in [0.4, 0.5) is 0 Å². The van der Waals surface area contributed by atoms with Crippen LogP contribution >= 0.6 is 0 Å². The molecule has 80 valence electrons. The van der Waals surface area contributed by atoms with E-state index in [2.05, 4.69) is 5.92 Å². The normalized spacial score (nSPS) is 9.47. The van der Waals surface area contributed by atoms with Crippen LogP contribution in [0.5, 0.6) is 11.5 Å². The molecule has 0 aromatic heterocycles. The Morgan fingerprint density at radius 1 is 1.27 bits per heavy atom. The predicted octanol–water partition coefficient (Wildman–Crippen LogP) is 1.22. The topological polar surface area (TPSA) is 38.7 Å². The van der Waals surface area contributed by atoms with Gasteiger partial charge in [-0.3, -0.25) is 0 Å². The fraction of sp³-hybridized carbons (Fsp3) is 0.333. The van der Waals surface area contributed by atoms with E-state index >= 15 is 0 Å². The molecule has 0 unspecified atom stereocenters. The van der Waals surface area contributed by atoms with Gasteiger partial charge in [-0.25, -0.2) is 0 Å². The third kappa shape index (κ3) is 2.42. The zero-order valence-corrected chi connectivity index (χ0v) is 8.91. The fourth-order valence-corrected chi connectivity index (χ4v) is 1.38. The lowest BCUT2D eigenvalue weighted by atomic mass is 10.0. The Balaban J connectivity index is 3.22.